The van der Waals surface area contributed by atoms with Gasteiger partial charge in [-0.25, -0.2) is 14.8 Å². The molecule has 1 heterocycles. The second kappa shape index (κ2) is 4.11. The lowest BCUT2D eigenvalue weighted by Gasteiger charge is -2.08. The molecule has 0 fully saturated rings. The third kappa shape index (κ3) is 3.79. The zero-order valence-corrected chi connectivity index (χ0v) is 7.25. The van der Waals surface area contributed by atoms with E-state index in [1.54, 1.807) is 0 Å². The Balaban J connectivity index is 2.70. The van der Waals surface area contributed by atoms with E-state index in [0.717, 1.165) is 12.3 Å². The third-order valence-electron chi connectivity index (χ3n) is 1.32. The quantitative estimate of drug-likeness (QED) is 0.800. The summed E-state index contributed by atoms with van der Waals surface area (Å²) in [7, 11) is 0. The Kier molecular flexibility index (Phi) is 3.08. The van der Waals surface area contributed by atoms with E-state index in [1.165, 1.54) is 0 Å². The molecular weight excluding hydrogens is 215 g/mol. The predicted octanol–water partition coefficient (Wildman–Crippen LogP) is 1.15. The minimum absolute atomic E-state index is 0.181. The second-order valence-corrected chi connectivity index (χ2v) is 2.54. The highest BCUT2D eigenvalue weighted by Crippen LogP contribution is 2.15. The van der Waals surface area contributed by atoms with Crippen molar-refractivity contribution in [3.63, 3.8) is 0 Å². The van der Waals surface area contributed by atoms with Gasteiger partial charge in [-0.1, -0.05) is 0 Å². The molecule has 0 aliphatic heterocycles. The first-order chi connectivity index (χ1) is 6.88. The van der Waals surface area contributed by atoms with E-state index in [-0.39, 0.29) is 5.82 Å². The molecule has 0 aliphatic rings. The van der Waals surface area contributed by atoms with Crippen LogP contribution in [0.25, 0.3) is 0 Å². The van der Waals surface area contributed by atoms with Gasteiger partial charge in [-0.05, 0) is 6.07 Å². The van der Waals surface area contributed by atoms with Gasteiger partial charge < -0.3 is 10.4 Å². The summed E-state index contributed by atoms with van der Waals surface area (Å²) < 4.78 is 35.3. The summed E-state index contributed by atoms with van der Waals surface area (Å²) in [6, 6.07) is 1.15. The molecule has 0 aromatic carbocycles. The van der Waals surface area contributed by atoms with Gasteiger partial charge in [0.2, 0.25) is 5.82 Å². The van der Waals surface area contributed by atoms with Crippen LogP contribution in [0.1, 0.15) is 10.6 Å². The van der Waals surface area contributed by atoms with Crippen molar-refractivity contribution in [1.29, 1.82) is 0 Å². The number of carbonyl (C=O) groups is 1. The van der Waals surface area contributed by atoms with E-state index in [1.807, 2.05) is 5.32 Å². The zero-order valence-electron chi connectivity index (χ0n) is 7.25. The molecule has 0 unspecified atom stereocenters. The average Bonchev–Trinajstić information content (AvgIpc) is 2.14. The fraction of sp³-hybridized carbons (Fsp3) is 0.286. The maximum absolute atomic E-state index is 11.8. The maximum Gasteiger partial charge on any atom is 0.405 e. The van der Waals surface area contributed by atoms with Gasteiger partial charge in [-0.2, -0.15) is 13.2 Å². The maximum atomic E-state index is 11.8. The summed E-state index contributed by atoms with van der Waals surface area (Å²) in [4.78, 5) is 17.1. The highest BCUT2D eigenvalue weighted by molar-refractivity contribution is 5.83. The van der Waals surface area contributed by atoms with Gasteiger partial charge in [0.25, 0.3) is 0 Å². The van der Waals surface area contributed by atoms with E-state index < -0.39 is 24.5 Å². The number of anilines is 1. The van der Waals surface area contributed by atoms with Crippen LogP contribution in [-0.4, -0.2) is 33.8 Å². The molecule has 0 amide bonds. The molecule has 15 heavy (non-hydrogen) atoms. The number of hydrogen-bond acceptors (Lipinski definition) is 4. The molecule has 0 aliphatic carbocycles. The number of alkyl halides is 3. The molecule has 1 aromatic rings. The molecule has 5 nitrogen and oxygen atoms in total. The van der Waals surface area contributed by atoms with Gasteiger partial charge in [0.05, 0.1) is 0 Å². The first kappa shape index (κ1) is 11.2. The topological polar surface area (TPSA) is 75.1 Å². The number of halogens is 3. The lowest BCUT2D eigenvalue weighted by Crippen LogP contribution is -2.22. The number of rotatable bonds is 3. The number of carboxylic acids is 1. The molecule has 0 bridgehead atoms. The third-order valence-corrected chi connectivity index (χ3v) is 1.32. The van der Waals surface area contributed by atoms with Gasteiger partial charge in [-0.15, -0.1) is 0 Å². The standard InChI is InChI=1S/C7H6F3N3O2/c8-7(9,10)3-12-4-1-2-11-5(13-4)6(14)15/h1-2H,3H2,(H,14,15)(H,11,12,13). The summed E-state index contributed by atoms with van der Waals surface area (Å²) in [6.07, 6.45) is -3.32. The van der Waals surface area contributed by atoms with Crippen LogP contribution < -0.4 is 5.32 Å². The van der Waals surface area contributed by atoms with Crippen LogP contribution in [0.3, 0.4) is 0 Å². The first-order valence-electron chi connectivity index (χ1n) is 3.75. The van der Waals surface area contributed by atoms with Gasteiger partial charge >= 0.3 is 12.1 Å². The molecule has 0 atom stereocenters. The number of nitrogens with one attached hydrogen (secondary N) is 1. The van der Waals surface area contributed by atoms with Crippen LogP contribution in [0.4, 0.5) is 19.0 Å². The predicted molar refractivity (Wildman–Crippen MR) is 43.5 cm³/mol. The Morgan fingerprint density at radius 1 is 1.53 bits per heavy atom. The van der Waals surface area contributed by atoms with Crippen molar-refractivity contribution in [3.8, 4) is 0 Å². The van der Waals surface area contributed by atoms with E-state index in [2.05, 4.69) is 9.97 Å². The Morgan fingerprint density at radius 2 is 2.20 bits per heavy atom. The van der Waals surface area contributed by atoms with Crippen molar-refractivity contribution >= 4 is 11.8 Å². The zero-order chi connectivity index (χ0) is 11.5. The van der Waals surface area contributed by atoms with Crippen LogP contribution in [0.5, 0.6) is 0 Å². The second-order valence-electron chi connectivity index (χ2n) is 2.54. The molecule has 0 saturated carbocycles. The van der Waals surface area contributed by atoms with Crippen LogP contribution >= 0.6 is 0 Å². The Labute approximate surface area is 82.0 Å². The van der Waals surface area contributed by atoms with E-state index in [9.17, 15) is 18.0 Å². The van der Waals surface area contributed by atoms with Crippen LogP contribution in [0.15, 0.2) is 12.3 Å². The Bertz CT molecular complexity index is 367. The Morgan fingerprint density at radius 3 is 2.73 bits per heavy atom. The van der Waals surface area contributed by atoms with Crippen molar-refractivity contribution in [2.24, 2.45) is 0 Å². The van der Waals surface area contributed by atoms with Crippen molar-refractivity contribution in [2.45, 2.75) is 6.18 Å². The average molecular weight is 221 g/mol. The fourth-order valence-corrected chi connectivity index (χ4v) is 0.751. The number of aromatic nitrogens is 2. The Hall–Kier alpha value is -1.86. The molecule has 1 aromatic heterocycles. The smallest absolute Gasteiger partial charge is 0.405 e. The summed E-state index contributed by atoms with van der Waals surface area (Å²) >= 11 is 0. The number of nitrogens with zero attached hydrogens (tertiary/aromatic N) is 2. The molecule has 82 valence electrons. The van der Waals surface area contributed by atoms with Crippen molar-refractivity contribution in [3.05, 3.63) is 18.1 Å². The van der Waals surface area contributed by atoms with Crippen LogP contribution in [-0.2, 0) is 0 Å². The van der Waals surface area contributed by atoms with E-state index in [4.69, 9.17) is 5.11 Å². The summed E-state index contributed by atoms with van der Waals surface area (Å²) in [5, 5.41) is 10.4. The SMILES string of the molecule is O=C(O)c1nccc(NCC(F)(F)F)n1. The van der Waals surface area contributed by atoms with Gasteiger partial charge in [0.1, 0.15) is 12.4 Å². The van der Waals surface area contributed by atoms with Crippen molar-refractivity contribution in [2.75, 3.05) is 11.9 Å². The fourth-order valence-electron chi connectivity index (χ4n) is 0.751. The molecule has 0 radical (unpaired) electrons. The lowest BCUT2D eigenvalue weighted by molar-refractivity contribution is -0.115. The van der Waals surface area contributed by atoms with Gasteiger partial charge in [0, 0.05) is 6.20 Å². The normalized spacial score (nSPS) is 11.1. The molecule has 1 rings (SSSR count). The summed E-state index contributed by atoms with van der Waals surface area (Å²) in [5.74, 6) is -2.13. The van der Waals surface area contributed by atoms with Gasteiger partial charge in [-0.3, -0.25) is 0 Å². The molecular formula is C7H6F3N3O2. The van der Waals surface area contributed by atoms with Crippen molar-refractivity contribution < 1.29 is 23.1 Å². The van der Waals surface area contributed by atoms with Gasteiger partial charge in [0.15, 0.2) is 0 Å². The summed E-state index contributed by atoms with van der Waals surface area (Å²) in [6.45, 7) is -1.27. The summed E-state index contributed by atoms with van der Waals surface area (Å²) in [5.41, 5.74) is 0. The number of aromatic carboxylic acids is 1. The minimum atomic E-state index is -4.38. The minimum Gasteiger partial charge on any atom is -0.475 e. The van der Waals surface area contributed by atoms with Crippen LogP contribution in [0.2, 0.25) is 0 Å². The highest BCUT2D eigenvalue weighted by atomic mass is 19.4. The highest BCUT2D eigenvalue weighted by Gasteiger charge is 2.26. The number of hydrogen-bond donors (Lipinski definition) is 2. The lowest BCUT2D eigenvalue weighted by atomic mass is 10.5. The first-order valence-corrected chi connectivity index (χ1v) is 3.75. The van der Waals surface area contributed by atoms with Crippen LogP contribution in [0, 0.1) is 0 Å². The largest absolute Gasteiger partial charge is 0.475 e. The molecule has 8 heteroatoms. The van der Waals surface area contributed by atoms with E-state index >= 15 is 0 Å². The molecule has 0 spiro atoms. The number of carboxylic acid groups (broad SMARTS) is 1. The van der Waals surface area contributed by atoms with Crippen molar-refractivity contribution in [1.82, 2.24) is 9.97 Å². The molecule has 0 saturated heterocycles. The van der Waals surface area contributed by atoms with E-state index in [0.29, 0.717) is 0 Å². The molecule has 2 N–H and O–H groups in total. The monoisotopic (exact) mass is 221 g/mol.